The third-order valence-corrected chi connectivity index (χ3v) is 9.89. The SMILES string of the molecule is CC[C@H]1OC(=O)[C@H](C)C(=O)[C@H](C)[C@@H](OC2OC(C)CC(CC)(NC)C2O)[C@](C)(OC)C[C@@H](C)C2=C(C)C(=O)[C@]1(C)O2. The van der Waals surface area contributed by atoms with Gasteiger partial charge in [-0.1, -0.05) is 27.7 Å². The van der Waals surface area contributed by atoms with Crippen LogP contribution >= 0.6 is 0 Å². The summed E-state index contributed by atoms with van der Waals surface area (Å²) in [5, 5.41) is 14.7. The number of hydrogen-bond donors (Lipinski definition) is 2. The van der Waals surface area contributed by atoms with Crippen LogP contribution in [0.5, 0.6) is 0 Å². The molecule has 10 heteroatoms. The summed E-state index contributed by atoms with van der Waals surface area (Å²) in [4.78, 5) is 40.7. The molecule has 0 aromatic heterocycles. The van der Waals surface area contributed by atoms with Crippen molar-refractivity contribution in [2.45, 2.75) is 135 Å². The minimum absolute atomic E-state index is 0.229. The van der Waals surface area contributed by atoms with Crippen LogP contribution in [0.15, 0.2) is 11.3 Å². The molecule has 10 nitrogen and oxygen atoms in total. The summed E-state index contributed by atoms with van der Waals surface area (Å²) in [6, 6.07) is 0. The molecule has 0 saturated carbocycles. The first-order chi connectivity index (χ1) is 19.0. The Balaban J connectivity index is 2.12. The fourth-order valence-corrected chi connectivity index (χ4v) is 7.09. The minimum Gasteiger partial charge on any atom is -0.479 e. The molecule has 2 bridgehead atoms. The van der Waals surface area contributed by atoms with Crippen molar-refractivity contribution in [1.82, 2.24) is 5.32 Å². The zero-order chi connectivity index (χ0) is 31.1. The van der Waals surface area contributed by atoms with E-state index in [9.17, 15) is 19.5 Å². The topological polar surface area (TPSA) is 130 Å². The maximum Gasteiger partial charge on any atom is 0.316 e. The highest BCUT2D eigenvalue weighted by molar-refractivity contribution is 6.05. The molecule has 11 atom stereocenters. The predicted octanol–water partition coefficient (Wildman–Crippen LogP) is 3.48. The van der Waals surface area contributed by atoms with Gasteiger partial charge in [0, 0.05) is 24.5 Å². The Morgan fingerprint density at radius 1 is 1.07 bits per heavy atom. The van der Waals surface area contributed by atoms with E-state index in [0.717, 1.165) is 0 Å². The Bertz CT molecular complexity index is 1040. The Kier molecular flexibility index (Phi) is 10.2. The van der Waals surface area contributed by atoms with E-state index in [2.05, 4.69) is 5.32 Å². The number of aliphatic hydroxyl groups excluding tert-OH is 1. The summed E-state index contributed by atoms with van der Waals surface area (Å²) in [6.07, 6.45) is -2.25. The lowest BCUT2D eigenvalue weighted by molar-refractivity contribution is -0.301. The van der Waals surface area contributed by atoms with Crippen LogP contribution in [-0.4, -0.2) is 84.2 Å². The lowest BCUT2D eigenvalue weighted by atomic mass is 9.77. The number of allylic oxidation sites excluding steroid dienone is 1. The van der Waals surface area contributed by atoms with Gasteiger partial charge in [-0.15, -0.1) is 0 Å². The van der Waals surface area contributed by atoms with Crippen LogP contribution in [0.1, 0.15) is 88.0 Å². The monoisotopic (exact) mass is 581 g/mol. The number of nitrogens with one attached hydrogen (secondary N) is 1. The summed E-state index contributed by atoms with van der Waals surface area (Å²) >= 11 is 0. The molecule has 234 valence electrons. The highest BCUT2D eigenvalue weighted by Gasteiger charge is 2.55. The molecule has 4 unspecified atom stereocenters. The number of esters is 1. The molecular formula is C31H51NO9. The molecule has 0 aliphatic carbocycles. The van der Waals surface area contributed by atoms with Crippen molar-refractivity contribution >= 4 is 17.5 Å². The van der Waals surface area contributed by atoms with Crippen LogP contribution in [-0.2, 0) is 38.1 Å². The highest BCUT2D eigenvalue weighted by atomic mass is 16.7. The average Bonchev–Trinajstić information content (AvgIpc) is 3.18. The number of Topliss-reactive ketones (excluding diaryl/α,β-unsaturated/α-hetero) is 2. The minimum atomic E-state index is -1.40. The van der Waals surface area contributed by atoms with Crippen molar-refractivity contribution in [3.63, 3.8) is 0 Å². The number of ether oxygens (including phenoxy) is 5. The molecule has 3 heterocycles. The Labute approximate surface area is 244 Å². The fraction of sp³-hybridized carbons (Fsp3) is 0.839. The smallest absolute Gasteiger partial charge is 0.316 e. The summed E-state index contributed by atoms with van der Waals surface area (Å²) in [6.45, 7) is 16.1. The first kappa shape index (κ1) is 33.6. The quantitative estimate of drug-likeness (QED) is 0.355. The first-order valence-corrected chi connectivity index (χ1v) is 15.0. The van der Waals surface area contributed by atoms with Gasteiger partial charge in [-0.3, -0.25) is 14.4 Å². The molecule has 3 aliphatic heterocycles. The van der Waals surface area contributed by atoms with E-state index in [1.54, 1.807) is 34.9 Å². The van der Waals surface area contributed by atoms with Crippen molar-refractivity contribution in [2.24, 2.45) is 17.8 Å². The molecule has 0 amide bonds. The third-order valence-electron chi connectivity index (χ3n) is 9.89. The zero-order valence-electron chi connectivity index (χ0n) is 26.7. The average molecular weight is 582 g/mol. The normalized spacial score (nSPS) is 44.5. The van der Waals surface area contributed by atoms with Gasteiger partial charge < -0.3 is 34.1 Å². The lowest BCUT2D eigenvalue weighted by Crippen LogP contribution is -2.65. The van der Waals surface area contributed by atoms with Gasteiger partial charge in [0.1, 0.15) is 23.9 Å². The Morgan fingerprint density at radius 2 is 1.71 bits per heavy atom. The largest absolute Gasteiger partial charge is 0.479 e. The van der Waals surface area contributed by atoms with Gasteiger partial charge in [-0.25, -0.2) is 0 Å². The van der Waals surface area contributed by atoms with E-state index in [4.69, 9.17) is 23.7 Å². The Hall–Kier alpha value is -1.85. The number of carbonyl (C=O) groups is 3. The molecule has 41 heavy (non-hydrogen) atoms. The number of likely N-dealkylation sites (N-methyl/N-ethyl adjacent to an activating group) is 1. The van der Waals surface area contributed by atoms with E-state index >= 15 is 0 Å². The standard InChI is InChI=1S/C31H51NO9/c1-12-21-30(9)24(34)20(7)23(41-30)16(3)14-29(8,37-11)26(18(5)22(33)19(6)27(36)39-21)40-28-25(35)31(13-2,32-10)15-17(4)38-28/h16-19,21,25-26,28,32,35H,12-15H2,1-11H3/t16-,17?,18+,19-,21-,25?,26-,28?,29-,30-,31?/m1/s1. The fourth-order valence-electron chi connectivity index (χ4n) is 7.09. The molecule has 2 saturated heterocycles. The van der Waals surface area contributed by atoms with Crippen LogP contribution in [0.4, 0.5) is 0 Å². The number of rotatable bonds is 6. The molecule has 0 spiro atoms. The van der Waals surface area contributed by atoms with Gasteiger partial charge >= 0.3 is 5.97 Å². The van der Waals surface area contributed by atoms with Crippen LogP contribution in [0.25, 0.3) is 0 Å². The van der Waals surface area contributed by atoms with Crippen molar-refractivity contribution in [2.75, 3.05) is 14.2 Å². The number of fused-ring (bicyclic) bond motifs is 2. The summed E-state index contributed by atoms with van der Waals surface area (Å²) < 4.78 is 31.0. The molecule has 2 fully saturated rings. The summed E-state index contributed by atoms with van der Waals surface area (Å²) in [5.74, 6) is -3.15. The molecular weight excluding hydrogens is 530 g/mol. The molecule has 3 aliphatic rings. The van der Waals surface area contributed by atoms with E-state index in [-0.39, 0.29) is 17.8 Å². The lowest BCUT2D eigenvalue weighted by Gasteiger charge is -2.50. The van der Waals surface area contributed by atoms with Crippen molar-refractivity contribution in [1.29, 1.82) is 0 Å². The van der Waals surface area contributed by atoms with Gasteiger partial charge in [-0.2, -0.15) is 0 Å². The number of cyclic esters (lactones) is 1. The van der Waals surface area contributed by atoms with Crippen molar-refractivity contribution < 1.29 is 43.2 Å². The number of ketones is 2. The zero-order valence-corrected chi connectivity index (χ0v) is 26.7. The molecule has 0 aromatic rings. The van der Waals surface area contributed by atoms with Gasteiger partial charge in [0.15, 0.2) is 12.1 Å². The second-order valence-corrected chi connectivity index (χ2v) is 12.7. The molecule has 2 N–H and O–H groups in total. The van der Waals surface area contributed by atoms with Crippen molar-refractivity contribution in [3.05, 3.63) is 11.3 Å². The number of methoxy groups -OCH3 is 1. The first-order valence-electron chi connectivity index (χ1n) is 15.0. The van der Waals surface area contributed by atoms with E-state index in [1.807, 2.05) is 34.6 Å². The third kappa shape index (κ3) is 5.87. The van der Waals surface area contributed by atoms with Crippen LogP contribution in [0.3, 0.4) is 0 Å². The van der Waals surface area contributed by atoms with Crippen LogP contribution in [0.2, 0.25) is 0 Å². The number of hydrogen-bond acceptors (Lipinski definition) is 10. The number of carbonyl (C=O) groups excluding carboxylic acids is 3. The highest BCUT2D eigenvalue weighted by Crippen LogP contribution is 2.44. The van der Waals surface area contributed by atoms with Gasteiger partial charge in [0.25, 0.3) is 0 Å². The number of aliphatic hydroxyl groups is 1. The Morgan fingerprint density at radius 3 is 2.24 bits per heavy atom. The maximum atomic E-state index is 13.9. The summed E-state index contributed by atoms with van der Waals surface area (Å²) in [7, 11) is 3.34. The second kappa shape index (κ2) is 12.4. The molecule has 0 aromatic carbocycles. The van der Waals surface area contributed by atoms with Gasteiger partial charge in [0.2, 0.25) is 11.4 Å². The maximum absolute atomic E-state index is 13.9. The molecule has 0 radical (unpaired) electrons. The van der Waals surface area contributed by atoms with Gasteiger partial charge in [-0.05, 0) is 67.3 Å². The van der Waals surface area contributed by atoms with Crippen LogP contribution in [0, 0.1) is 17.8 Å². The molecule has 3 rings (SSSR count). The van der Waals surface area contributed by atoms with E-state index in [0.29, 0.717) is 37.0 Å². The summed E-state index contributed by atoms with van der Waals surface area (Å²) in [5.41, 5.74) is -2.67. The predicted molar refractivity (Wildman–Crippen MR) is 152 cm³/mol. The van der Waals surface area contributed by atoms with Gasteiger partial charge in [0.05, 0.1) is 23.3 Å². The van der Waals surface area contributed by atoms with Crippen LogP contribution < -0.4 is 5.32 Å². The van der Waals surface area contributed by atoms with Crippen molar-refractivity contribution in [3.8, 4) is 0 Å². The second-order valence-electron chi connectivity index (χ2n) is 12.7. The van der Waals surface area contributed by atoms with E-state index < -0.39 is 64.9 Å². The van der Waals surface area contributed by atoms with E-state index in [1.165, 1.54) is 6.92 Å².